The highest BCUT2D eigenvalue weighted by molar-refractivity contribution is 5.70. The Morgan fingerprint density at radius 1 is 0.383 bits per heavy atom. The van der Waals surface area contributed by atoms with Gasteiger partial charge in [0.25, 0.3) is 0 Å². The first-order chi connectivity index (χ1) is 28.9. The number of unbranched alkanes of at least 4 members (excludes halogenated alkanes) is 22. The van der Waals surface area contributed by atoms with Gasteiger partial charge in [-0.3, -0.25) is 14.4 Å². The summed E-state index contributed by atoms with van der Waals surface area (Å²) in [6.45, 7) is 13.2. The van der Waals surface area contributed by atoms with Gasteiger partial charge in [0.2, 0.25) is 0 Å². The Labute approximate surface area is 372 Å². The lowest BCUT2D eigenvalue weighted by Crippen LogP contribution is -2.20. The average Bonchev–Trinajstić information content (AvgIpc) is 3.19. The van der Waals surface area contributed by atoms with E-state index in [1.54, 1.807) is 0 Å². The molecule has 60 heavy (non-hydrogen) atoms. The second-order valence-corrected chi connectivity index (χ2v) is 18.8. The zero-order chi connectivity index (χ0) is 44.5. The van der Waals surface area contributed by atoms with Gasteiger partial charge in [0.15, 0.2) is 0 Å². The number of carbonyl (C=O) groups is 3. The summed E-state index contributed by atoms with van der Waals surface area (Å²) in [5.41, 5.74) is 0. The molecule has 0 N–H and O–H groups in total. The second kappa shape index (κ2) is 42.2. The fourth-order valence-corrected chi connectivity index (χ4v) is 7.13. The van der Waals surface area contributed by atoms with Crippen molar-refractivity contribution >= 4 is 17.9 Å². The minimum Gasteiger partial charge on any atom is -0.462 e. The number of esters is 3. The molecule has 0 aromatic heterocycles. The van der Waals surface area contributed by atoms with E-state index in [-0.39, 0.29) is 36.2 Å². The molecule has 0 heterocycles. The largest absolute Gasteiger partial charge is 0.462 e. The van der Waals surface area contributed by atoms with Crippen molar-refractivity contribution in [2.24, 2.45) is 11.8 Å². The predicted molar refractivity (Wildman–Crippen MR) is 255 cm³/mol. The highest BCUT2D eigenvalue weighted by Crippen LogP contribution is 2.19. The van der Waals surface area contributed by atoms with Gasteiger partial charge < -0.3 is 19.1 Å². The third-order valence-electron chi connectivity index (χ3n) is 11.9. The number of hydrogen-bond donors (Lipinski definition) is 0. The van der Waals surface area contributed by atoms with Crippen molar-refractivity contribution < 1.29 is 28.6 Å². The fourth-order valence-electron chi connectivity index (χ4n) is 7.13. The van der Waals surface area contributed by atoms with E-state index in [1.807, 2.05) is 13.8 Å². The van der Waals surface area contributed by atoms with Gasteiger partial charge in [0.1, 0.15) is 18.3 Å². The van der Waals surface area contributed by atoms with E-state index in [1.165, 1.54) is 116 Å². The van der Waals surface area contributed by atoms with Crippen LogP contribution in [-0.4, -0.2) is 61.8 Å². The SMILES string of the molecule is CC(C)C(C)OC(=O)CCCCCCCC=CCCCCCCCCC(CCCCCCCCC=CCCCCCCCC(=O)OC(C)C(C)C)OC(=O)CCCN(C)C. The first kappa shape index (κ1) is 57.9. The van der Waals surface area contributed by atoms with Crippen molar-refractivity contribution in [1.29, 1.82) is 0 Å². The summed E-state index contributed by atoms with van der Waals surface area (Å²) in [6, 6.07) is 0. The Hall–Kier alpha value is -2.15. The van der Waals surface area contributed by atoms with Crippen molar-refractivity contribution in [3.8, 4) is 0 Å². The van der Waals surface area contributed by atoms with E-state index in [0.29, 0.717) is 31.1 Å². The van der Waals surface area contributed by atoms with Crippen LogP contribution in [-0.2, 0) is 28.6 Å². The lowest BCUT2D eigenvalue weighted by molar-refractivity contribution is -0.151. The van der Waals surface area contributed by atoms with Crippen LogP contribution in [0.4, 0.5) is 0 Å². The normalized spacial score (nSPS) is 13.5. The molecule has 0 aromatic carbocycles. The third kappa shape index (κ3) is 41.2. The Kier molecular flexibility index (Phi) is 40.7. The van der Waals surface area contributed by atoms with Crippen LogP contribution >= 0.6 is 0 Å². The van der Waals surface area contributed by atoms with Gasteiger partial charge in [-0.2, -0.15) is 0 Å². The van der Waals surface area contributed by atoms with Gasteiger partial charge in [-0.05, 0) is 143 Å². The molecule has 7 nitrogen and oxygen atoms in total. The lowest BCUT2D eigenvalue weighted by Gasteiger charge is -2.18. The smallest absolute Gasteiger partial charge is 0.306 e. The molecule has 0 aromatic rings. The van der Waals surface area contributed by atoms with Crippen molar-refractivity contribution in [2.75, 3.05) is 20.6 Å². The van der Waals surface area contributed by atoms with Crippen LogP contribution in [0.15, 0.2) is 24.3 Å². The van der Waals surface area contributed by atoms with Crippen LogP contribution < -0.4 is 0 Å². The van der Waals surface area contributed by atoms with Crippen LogP contribution in [0.2, 0.25) is 0 Å². The molecule has 0 spiro atoms. The minimum atomic E-state index is -0.0450. The third-order valence-corrected chi connectivity index (χ3v) is 11.9. The Balaban J connectivity index is 3.95. The summed E-state index contributed by atoms with van der Waals surface area (Å²) >= 11 is 0. The summed E-state index contributed by atoms with van der Waals surface area (Å²) in [5, 5.41) is 0. The summed E-state index contributed by atoms with van der Waals surface area (Å²) in [7, 11) is 4.10. The zero-order valence-corrected chi connectivity index (χ0v) is 40.9. The fraction of sp³-hybridized carbons (Fsp3) is 0.868. The van der Waals surface area contributed by atoms with Crippen molar-refractivity contribution in [3.05, 3.63) is 24.3 Å². The molecule has 0 aliphatic heterocycles. The highest BCUT2D eigenvalue weighted by atomic mass is 16.6. The van der Waals surface area contributed by atoms with Crippen LogP contribution in [0, 0.1) is 11.8 Å². The molecule has 7 heteroatoms. The summed E-state index contributed by atoms with van der Waals surface area (Å²) in [6.07, 6.45) is 45.3. The van der Waals surface area contributed by atoms with Gasteiger partial charge in [-0.25, -0.2) is 0 Å². The quantitative estimate of drug-likeness (QED) is 0.0262. The van der Waals surface area contributed by atoms with Crippen molar-refractivity contribution in [2.45, 2.75) is 265 Å². The van der Waals surface area contributed by atoms with Crippen LogP contribution in [0.3, 0.4) is 0 Å². The standard InChI is InChI=1S/C53H99NO6/c1-46(2)48(5)58-51(55)42-37-33-29-25-21-17-13-9-11-15-19-23-27-31-35-40-50(60-53(57)44-39-45-54(7)8)41-36-32-28-24-20-16-12-10-14-18-22-26-30-34-38-43-52(56)59-49(6)47(3)4/h9-10,13-14,46-50H,11-12,15-45H2,1-8H3. The Morgan fingerprint density at radius 2 is 0.667 bits per heavy atom. The number of nitrogens with zero attached hydrogens (tertiary/aromatic N) is 1. The maximum absolute atomic E-state index is 12.6. The molecule has 0 amide bonds. The zero-order valence-electron chi connectivity index (χ0n) is 40.9. The molecular weight excluding hydrogens is 747 g/mol. The number of ether oxygens (including phenoxy) is 3. The number of allylic oxidation sites excluding steroid dienone is 4. The predicted octanol–water partition coefficient (Wildman–Crippen LogP) is 15.2. The maximum Gasteiger partial charge on any atom is 0.306 e. The molecule has 0 aliphatic carbocycles. The first-order valence-electron chi connectivity index (χ1n) is 25.5. The molecule has 0 saturated heterocycles. The second-order valence-electron chi connectivity index (χ2n) is 18.8. The molecule has 0 aliphatic rings. The molecule has 0 fully saturated rings. The van der Waals surface area contributed by atoms with Crippen molar-refractivity contribution in [3.63, 3.8) is 0 Å². The van der Waals surface area contributed by atoms with Crippen molar-refractivity contribution in [1.82, 2.24) is 4.90 Å². The van der Waals surface area contributed by atoms with Gasteiger partial charge >= 0.3 is 17.9 Å². The van der Waals surface area contributed by atoms with Gasteiger partial charge in [-0.15, -0.1) is 0 Å². The van der Waals surface area contributed by atoms with E-state index in [9.17, 15) is 14.4 Å². The molecule has 0 rings (SSSR count). The molecule has 2 atom stereocenters. The molecule has 0 saturated carbocycles. The van der Waals surface area contributed by atoms with E-state index in [0.717, 1.165) is 77.2 Å². The summed E-state index contributed by atoms with van der Waals surface area (Å²) in [4.78, 5) is 38.5. The molecule has 352 valence electrons. The summed E-state index contributed by atoms with van der Waals surface area (Å²) < 4.78 is 16.9. The van der Waals surface area contributed by atoms with Crippen LogP contribution in [0.1, 0.15) is 247 Å². The topological polar surface area (TPSA) is 82.1 Å². The minimum absolute atomic E-state index is 0.00979. The van der Waals surface area contributed by atoms with E-state index in [2.05, 4.69) is 71.0 Å². The molecule has 2 unspecified atom stereocenters. The van der Waals surface area contributed by atoms with E-state index < -0.39 is 0 Å². The monoisotopic (exact) mass is 846 g/mol. The van der Waals surface area contributed by atoms with E-state index in [4.69, 9.17) is 14.2 Å². The van der Waals surface area contributed by atoms with Gasteiger partial charge in [-0.1, -0.05) is 142 Å². The van der Waals surface area contributed by atoms with Gasteiger partial charge in [0.05, 0.1) is 0 Å². The lowest BCUT2D eigenvalue weighted by atomic mass is 10.0. The van der Waals surface area contributed by atoms with Gasteiger partial charge in [0, 0.05) is 19.3 Å². The maximum atomic E-state index is 12.6. The highest BCUT2D eigenvalue weighted by Gasteiger charge is 2.15. The average molecular weight is 846 g/mol. The molecule has 0 bridgehead atoms. The summed E-state index contributed by atoms with van der Waals surface area (Å²) in [5.74, 6) is 0.646. The number of hydrogen-bond acceptors (Lipinski definition) is 7. The van der Waals surface area contributed by atoms with Crippen LogP contribution in [0.5, 0.6) is 0 Å². The Morgan fingerprint density at radius 3 is 1.00 bits per heavy atom. The number of carbonyl (C=O) groups excluding carboxylic acids is 3. The van der Waals surface area contributed by atoms with Crippen LogP contribution in [0.25, 0.3) is 0 Å². The first-order valence-corrected chi connectivity index (χ1v) is 25.5. The molecule has 0 radical (unpaired) electrons. The Bertz CT molecular complexity index is 984. The number of rotatable bonds is 43. The molecular formula is C53H99NO6. The van der Waals surface area contributed by atoms with E-state index >= 15 is 0 Å².